The van der Waals surface area contributed by atoms with Gasteiger partial charge in [0.15, 0.2) is 5.13 Å². The number of anilines is 1. The second-order valence-corrected chi connectivity index (χ2v) is 7.14. The average molecular weight is 338 g/mol. The summed E-state index contributed by atoms with van der Waals surface area (Å²) in [6.45, 7) is 8.66. The van der Waals surface area contributed by atoms with Crippen LogP contribution in [0.5, 0.6) is 0 Å². The fourth-order valence-electron chi connectivity index (χ4n) is 3.21. The highest BCUT2D eigenvalue weighted by Crippen LogP contribution is 2.27. The zero-order chi connectivity index (χ0) is 16.1. The number of nitrogens with zero attached hydrogens (tertiary/aromatic N) is 3. The number of nitrogens with one attached hydrogen (secondary N) is 1. The molecule has 0 unspecified atom stereocenters. The average Bonchev–Trinajstić information content (AvgIpc) is 3.11. The van der Waals surface area contributed by atoms with Crippen molar-refractivity contribution in [3.05, 3.63) is 11.1 Å². The van der Waals surface area contributed by atoms with Crippen LogP contribution in [0.2, 0.25) is 0 Å². The summed E-state index contributed by atoms with van der Waals surface area (Å²) in [6.07, 6.45) is 4.99. The molecule has 2 aliphatic heterocycles. The Morgan fingerprint density at radius 1 is 1.35 bits per heavy atom. The number of hydrogen-bond donors (Lipinski definition) is 1. The summed E-state index contributed by atoms with van der Waals surface area (Å²) in [5.41, 5.74) is 0. The van der Waals surface area contributed by atoms with Gasteiger partial charge >= 0.3 is 0 Å². The number of morpholine rings is 1. The van der Waals surface area contributed by atoms with Crippen LogP contribution in [-0.4, -0.2) is 67.8 Å². The molecule has 0 bridgehead atoms. The molecule has 0 saturated carbocycles. The predicted octanol–water partition coefficient (Wildman–Crippen LogP) is 1.58. The Hall–Kier alpha value is -1.18. The van der Waals surface area contributed by atoms with E-state index in [1.54, 1.807) is 6.20 Å². The Balaban J connectivity index is 1.51. The van der Waals surface area contributed by atoms with Crippen molar-refractivity contribution >= 4 is 22.4 Å². The molecule has 2 fully saturated rings. The predicted molar refractivity (Wildman–Crippen MR) is 92.4 cm³/mol. The van der Waals surface area contributed by atoms with E-state index in [1.165, 1.54) is 11.3 Å². The molecule has 1 aromatic heterocycles. The number of ether oxygens (including phenoxy) is 1. The third-order valence-electron chi connectivity index (χ3n) is 4.55. The molecule has 0 aromatic carbocycles. The third kappa shape index (κ3) is 4.22. The highest BCUT2D eigenvalue weighted by molar-refractivity contribution is 7.17. The Bertz CT molecular complexity index is 508. The van der Waals surface area contributed by atoms with Gasteiger partial charge in [-0.05, 0) is 19.3 Å². The summed E-state index contributed by atoms with van der Waals surface area (Å²) < 4.78 is 5.44. The number of carbonyl (C=O) groups excluding carboxylic acids is 1. The minimum atomic E-state index is -0.00111. The van der Waals surface area contributed by atoms with E-state index < -0.39 is 0 Å². The van der Waals surface area contributed by atoms with Crippen LogP contribution in [0.4, 0.5) is 5.13 Å². The van der Waals surface area contributed by atoms with E-state index in [9.17, 15) is 4.79 Å². The van der Waals surface area contributed by atoms with Gasteiger partial charge in [-0.1, -0.05) is 18.3 Å². The second kappa shape index (κ2) is 8.08. The molecule has 2 aliphatic rings. The van der Waals surface area contributed by atoms with Crippen molar-refractivity contribution in [1.82, 2.24) is 15.2 Å². The van der Waals surface area contributed by atoms with Gasteiger partial charge in [-0.15, -0.1) is 0 Å². The molecule has 0 radical (unpaired) electrons. The minimum Gasteiger partial charge on any atom is -0.379 e. The molecule has 2 saturated heterocycles. The van der Waals surface area contributed by atoms with E-state index in [0.717, 1.165) is 70.3 Å². The smallest absolute Gasteiger partial charge is 0.263 e. The Labute approximate surface area is 141 Å². The van der Waals surface area contributed by atoms with Crippen LogP contribution in [0.25, 0.3) is 0 Å². The number of aromatic nitrogens is 1. The fourth-order valence-corrected chi connectivity index (χ4v) is 4.09. The SMILES string of the molecule is CCCNC(=O)c1cnc(N2CCC(N3CCOCC3)CC2)s1. The number of rotatable bonds is 5. The summed E-state index contributed by atoms with van der Waals surface area (Å²) in [5, 5.41) is 3.89. The summed E-state index contributed by atoms with van der Waals surface area (Å²) >= 11 is 1.50. The lowest BCUT2D eigenvalue weighted by molar-refractivity contribution is 0.0115. The van der Waals surface area contributed by atoms with E-state index >= 15 is 0 Å². The van der Waals surface area contributed by atoms with Gasteiger partial charge in [-0.2, -0.15) is 0 Å². The molecule has 0 aliphatic carbocycles. The highest BCUT2D eigenvalue weighted by Gasteiger charge is 2.27. The van der Waals surface area contributed by atoms with Crippen molar-refractivity contribution in [3.8, 4) is 0 Å². The van der Waals surface area contributed by atoms with Gasteiger partial charge in [0, 0.05) is 38.8 Å². The largest absolute Gasteiger partial charge is 0.379 e. The van der Waals surface area contributed by atoms with E-state index in [1.807, 2.05) is 0 Å². The highest BCUT2D eigenvalue weighted by atomic mass is 32.1. The summed E-state index contributed by atoms with van der Waals surface area (Å²) in [7, 11) is 0. The molecular weight excluding hydrogens is 312 g/mol. The number of hydrogen-bond acceptors (Lipinski definition) is 6. The zero-order valence-corrected chi connectivity index (χ0v) is 14.6. The van der Waals surface area contributed by atoms with Crippen LogP contribution in [0.15, 0.2) is 6.20 Å². The summed E-state index contributed by atoms with van der Waals surface area (Å²) in [5.74, 6) is -0.00111. The van der Waals surface area contributed by atoms with E-state index in [4.69, 9.17) is 4.74 Å². The number of piperidine rings is 1. The molecule has 0 atom stereocenters. The number of amides is 1. The Morgan fingerprint density at radius 3 is 2.78 bits per heavy atom. The van der Waals surface area contributed by atoms with Crippen molar-refractivity contribution in [1.29, 1.82) is 0 Å². The van der Waals surface area contributed by atoms with Crippen LogP contribution >= 0.6 is 11.3 Å². The van der Waals surface area contributed by atoms with Crippen LogP contribution in [0.3, 0.4) is 0 Å². The monoisotopic (exact) mass is 338 g/mol. The van der Waals surface area contributed by atoms with Crippen LogP contribution in [0.1, 0.15) is 35.9 Å². The topological polar surface area (TPSA) is 57.7 Å². The van der Waals surface area contributed by atoms with Crippen LogP contribution in [-0.2, 0) is 4.74 Å². The molecule has 7 heteroatoms. The zero-order valence-electron chi connectivity index (χ0n) is 13.8. The third-order valence-corrected chi connectivity index (χ3v) is 5.61. The maximum Gasteiger partial charge on any atom is 0.263 e. The van der Waals surface area contributed by atoms with Gasteiger partial charge in [0.1, 0.15) is 4.88 Å². The lowest BCUT2D eigenvalue weighted by Gasteiger charge is -2.40. The normalized spacial score (nSPS) is 20.7. The molecule has 1 N–H and O–H groups in total. The first-order valence-electron chi connectivity index (χ1n) is 8.58. The molecular formula is C16H26N4O2S. The lowest BCUT2D eigenvalue weighted by Crippen LogP contribution is -2.49. The first kappa shape index (κ1) is 16.7. The molecule has 0 spiro atoms. The molecule has 128 valence electrons. The lowest BCUT2D eigenvalue weighted by atomic mass is 10.0. The maximum atomic E-state index is 12.0. The molecule has 6 nitrogen and oxygen atoms in total. The maximum absolute atomic E-state index is 12.0. The van der Waals surface area contributed by atoms with Crippen molar-refractivity contribution in [3.63, 3.8) is 0 Å². The van der Waals surface area contributed by atoms with Crippen LogP contribution < -0.4 is 10.2 Å². The van der Waals surface area contributed by atoms with E-state index in [0.29, 0.717) is 10.9 Å². The van der Waals surface area contributed by atoms with Gasteiger partial charge in [0.05, 0.1) is 19.4 Å². The van der Waals surface area contributed by atoms with Gasteiger partial charge in [0.2, 0.25) is 0 Å². The molecule has 3 heterocycles. The minimum absolute atomic E-state index is 0.00111. The van der Waals surface area contributed by atoms with Gasteiger partial charge in [-0.3, -0.25) is 9.69 Å². The Kier molecular flexibility index (Phi) is 5.85. The molecule has 23 heavy (non-hydrogen) atoms. The quantitative estimate of drug-likeness (QED) is 0.883. The van der Waals surface area contributed by atoms with Crippen molar-refractivity contribution < 1.29 is 9.53 Å². The van der Waals surface area contributed by atoms with Gasteiger partial charge in [0.25, 0.3) is 5.91 Å². The van der Waals surface area contributed by atoms with E-state index in [-0.39, 0.29) is 5.91 Å². The first-order chi connectivity index (χ1) is 11.3. The van der Waals surface area contributed by atoms with Crippen LogP contribution in [0, 0.1) is 0 Å². The standard InChI is InChI=1S/C16H26N4O2S/c1-2-5-17-15(21)14-12-18-16(23-14)20-6-3-13(4-7-20)19-8-10-22-11-9-19/h12-13H,2-11H2,1H3,(H,17,21). The van der Waals surface area contributed by atoms with Crippen molar-refractivity contribution in [2.24, 2.45) is 0 Å². The van der Waals surface area contributed by atoms with Crippen molar-refractivity contribution in [2.45, 2.75) is 32.2 Å². The summed E-state index contributed by atoms with van der Waals surface area (Å²) in [4.78, 5) is 22.0. The number of thiazole rings is 1. The van der Waals surface area contributed by atoms with E-state index in [2.05, 4.69) is 27.0 Å². The second-order valence-electron chi connectivity index (χ2n) is 6.13. The Morgan fingerprint density at radius 2 is 2.09 bits per heavy atom. The number of carbonyl (C=O) groups is 1. The first-order valence-corrected chi connectivity index (χ1v) is 9.40. The van der Waals surface area contributed by atoms with Crippen molar-refractivity contribution in [2.75, 3.05) is 50.8 Å². The van der Waals surface area contributed by atoms with Gasteiger partial charge in [-0.25, -0.2) is 4.98 Å². The van der Waals surface area contributed by atoms with Gasteiger partial charge < -0.3 is 15.0 Å². The molecule has 3 rings (SSSR count). The molecule has 1 aromatic rings. The summed E-state index contributed by atoms with van der Waals surface area (Å²) in [6, 6.07) is 0.669. The fraction of sp³-hybridized carbons (Fsp3) is 0.750. The molecule has 1 amide bonds.